The number of hydrogen-bond donors (Lipinski definition) is 2. The standard InChI is InChI=1S/C17H16ClN3O5/c1-26-17(23)14-10-13(21(24)25)6-7-15(14)19-8-9-20-16(22)11-2-4-12(18)5-3-11/h2-7,10,19H,8-9H2,1H3,(H,20,22). The molecule has 2 aromatic carbocycles. The van der Waals surface area contributed by atoms with Gasteiger partial charge in [-0.15, -0.1) is 0 Å². The molecule has 0 bridgehead atoms. The molecule has 0 aliphatic heterocycles. The van der Waals surface area contributed by atoms with E-state index in [0.29, 0.717) is 22.8 Å². The fourth-order valence-electron chi connectivity index (χ4n) is 2.16. The minimum absolute atomic E-state index is 0.0470. The third-order valence-electron chi connectivity index (χ3n) is 3.45. The van der Waals surface area contributed by atoms with Gasteiger partial charge in [-0.25, -0.2) is 4.79 Å². The number of methoxy groups -OCH3 is 1. The van der Waals surface area contributed by atoms with Gasteiger partial charge in [-0.1, -0.05) is 11.6 Å². The summed E-state index contributed by atoms with van der Waals surface area (Å²) in [6, 6.07) is 10.3. The number of esters is 1. The number of benzene rings is 2. The van der Waals surface area contributed by atoms with Crippen LogP contribution < -0.4 is 10.6 Å². The average Bonchev–Trinajstić information content (AvgIpc) is 2.64. The van der Waals surface area contributed by atoms with Crippen LogP contribution in [0.5, 0.6) is 0 Å². The van der Waals surface area contributed by atoms with Gasteiger partial charge in [0, 0.05) is 41.5 Å². The molecule has 0 fully saturated rings. The Morgan fingerprint density at radius 2 is 1.85 bits per heavy atom. The second-order valence-corrected chi connectivity index (χ2v) is 5.60. The topological polar surface area (TPSA) is 111 Å². The molecule has 0 spiro atoms. The van der Waals surface area contributed by atoms with Crippen LogP contribution in [0.25, 0.3) is 0 Å². The summed E-state index contributed by atoms with van der Waals surface area (Å²) in [5.74, 6) is -0.957. The zero-order valence-corrected chi connectivity index (χ0v) is 14.6. The molecule has 9 heteroatoms. The molecule has 2 rings (SSSR count). The summed E-state index contributed by atoms with van der Waals surface area (Å²) >= 11 is 5.77. The first-order valence-electron chi connectivity index (χ1n) is 7.56. The number of nitrogens with zero attached hydrogens (tertiary/aromatic N) is 1. The van der Waals surface area contributed by atoms with Gasteiger partial charge in [-0.05, 0) is 30.3 Å². The van der Waals surface area contributed by atoms with Gasteiger partial charge in [0.25, 0.3) is 11.6 Å². The molecule has 0 atom stereocenters. The Kier molecular flexibility index (Phi) is 6.51. The predicted molar refractivity (Wildman–Crippen MR) is 96.7 cm³/mol. The van der Waals surface area contributed by atoms with Crippen LogP contribution in [-0.4, -0.2) is 37.0 Å². The smallest absolute Gasteiger partial charge is 0.340 e. The number of anilines is 1. The van der Waals surface area contributed by atoms with Crippen molar-refractivity contribution in [3.8, 4) is 0 Å². The monoisotopic (exact) mass is 377 g/mol. The largest absolute Gasteiger partial charge is 0.465 e. The number of amides is 1. The molecule has 26 heavy (non-hydrogen) atoms. The van der Waals surface area contributed by atoms with E-state index in [4.69, 9.17) is 11.6 Å². The van der Waals surface area contributed by atoms with Gasteiger partial charge in [0.05, 0.1) is 17.6 Å². The van der Waals surface area contributed by atoms with Crippen molar-refractivity contribution < 1.29 is 19.2 Å². The third kappa shape index (κ3) is 4.93. The van der Waals surface area contributed by atoms with Crippen molar-refractivity contribution in [1.82, 2.24) is 5.32 Å². The van der Waals surface area contributed by atoms with E-state index in [1.54, 1.807) is 24.3 Å². The molecule has 2 aromatic rings. The van der Waals surface area contributed by atoms with Crippen LogP contribution >= 0.6 is 11.6 Å². The second-order valence-electron chi connectivity index (χ2n) is 5.17. The fraction of sp³-hybridized carbons (Fsp3) is 0.176. The Morgan fingerprint density at radius 3 is 2.46 bits per heavy atom. The van der Waals surface area contributed by atoms with Crippen LogP contribution in [0.4, 0.5) is 11.4 Å². The summed E-state index contributed by atoms with van der Waals surface area (Å²) in [5, 5.41) is 17.0. The zero-order valence-electron chi connectivity index (χ0n) is 13.8. The first kappa shape index (κ1) is 19.2. The number of ether oxygens (including phenoxy) is 1. The highest BCUT2D eigenvalue weighted by Crippen LogP contribution is 2.22. The third-order valence-corrected chi connectivity index (χ3v) is 3.70. The highest BCUT2D eigenvalue weighted by atomic mass is 35.5. The van der Waals surface area contributed by atoms with Crippen molar-refractivity contribution in [2.75, 3.05) is 25.5 Å². The molecule has 0 radical (unpaired) electrons. The number of nitro groups is 1. The molecule has 0 aliphatic carbocycles. The van der Waals surface area contributed by atoms with E-state index < -0.39 is 10.9 Å². The number of rotatable bonds is 7. The summed E-state index contributed by atoms with van der Waals surface area (Å²) in [6.45, 7) is 0.584. The zero-order chi connectivity index (χ0) is 19.1. The van der Waals surface area contributed by atoms with Gasteiger partial charge in [-0.3, -0.25) is 14.9 Å². The molecule has 0 saturated heterocycles. The first-order valence-corrected chi connectivity index (χ1v) is 7.94. The first-order chi connectivity index (χ1) is 12.4. The maximum atomic E-state index is 12.0. The van der Waals surface area contributed by atoms with E-state index in [1.165, 1.54) is 19.2 Å². The van der Waals surface area contributed by atoms with Crippen molar-refractivity contribution in [2.24, 2.45) is 0 Å². The second kappa shape index (κ2) is 8.82. The quantitative estimate of drug-likeness (QED) is 0.332. The number of nitro benzene ring substituents is 1. The molecule has 1 amide bonds. The molecule has 0 unspecified atom stereocenters. The van der Waals surface area contributed by atoms with E-state index >= 15 is 0 Å². The van der Waals surface area contributed by atoms with Crippen LogP contribution in [0.1, 0.15) is 20.7 Å². The molecule has 2 N–H and O–H groups in total. The normalized spacial score (nSPS) is 10.1. The lowest BCUT2D eigenvalue weighted by molar-refractivity contribution is -0.384. The van der Waals surface area contributed by atoms with E-state index in [1.807, 2.05) is 0 Å². The highest BCUT2D eigenvalue weighted by molar-refractivity contribution is 6.30. The van der Waals surface area contributed by atoms with Crippen LogP contribution in [0.3, 0.4) is 0 Å². The molecular weight excluding hydrogens is 362 g/mol. The van der Waals surface area contributed by atoms with Gasteiger partial charge >= 0.3 is 5.97 Å². The molecule has 136 valence electrons. The van der Waals surface area contributed by atoms with Crippen molar-refractivity contribution in [1.29, 1.82) is 0 Å². The van der Waals surface area contributed by atoms with E-state index in [2.05, 4.69) is 15.4 Å². The lowest BCUT2D eigenvalue weighted by atomic mass is 10.1. The van der Waals surface area contributed by atoms with Gasteiger partial charge in [0.2, 0.25) is 0 Å². The molecule has 0 heterocycles. The van der Waals surface area contributed by atoms with Crippen molar-refractivity contribution in [3.05, 3.63) is 68.7 Å². The van der Waals surface area contributed by atoms with Crippen LogP contribution in [0.2, 0.25) is 5.02 Å². The van der Waals surface area contributed by atoms with Gasteiger partial charge < -0.3 is 15.4 Å². The predicted octanol–water partition coefficient (Wildman–Crippen LogP) is 2.88. The lowest BCUT2D eigenvalue weighted by Gasteiger charge is -2.11. The minimum Gasteiger partial charge on any atom is -0.465 e. The maximum Gasteiger partial charge on any atom is 0.340 e. The van der Waals surface area contributed by atoms with E-state index in [9.17, 15) is 19.7 Å². The number of hydrogen-bond acceptors (Lipinski definition) is 6. The average molecular weight is 378 g/mol. The molecular formula is C17H16ClN3O5. The highest BCUT2D eigenvalue weighted by Gasteiger charge is 2.17. The van der Waals surface area contributed by atoms with E-state index in [-0.39, 0.29) is 23.7 Å². The Hall–Kier alpha value is -3.13. The van der Waals surface area contributed by atoms with Gasteiger partial charge in [0.15, 0.2) is 0 Å². The SMILES string of the molecule is COC(=O)c1cc([N+](=O)[O-])ccc1NCCNC(=O)c1ccc(Cl)cc1. The maximum absolute atomic E-state index is 12.0. The van der Waals surface area contributed by atoms with Gasteiger partial charge in [0.1, 0.15) is 0 Å². The minimum atomic E-state index is -0.693. The molecule has 8 nitrogen and oxygen atoms in total. The molecule has 0 aromatic heterocycles. The Morgan fingerprint density at radius 1 is 1.15 bits per heavy atom. The summed E-state index contributed by atoms with van der Waals surface area (Å²) in [6.07, 6.45) is 0. The number of carbonyl (C=O) groups excluding carboxylic acids is 2. The number of carbonyl (C=O) groups is 2. The number of nitrogens with one attached hydrogen (secondary N) is 2. The number of halogens is 1. The number of non-ortho nitro benzene ring substituents is 1. The van der Waals surface area contributed by atoms with Crippen molar-refractivity contribution >= 4 is 34.9 Å². The lowest BCUT2D eigenvalue weighted by Crippen LogP contribution is -2.29. The van der Waals surface area contributed by atoms with Gasteiger partial charge in [-0.2, -0.15) is 0 Å². The van der Waals surface area contributed by atoms with Crippen LogP contribution in [0, 0.1) is 10.1 Å². The Bertz CT molecular complexity index is 824. The molecule has 0 aliphatic rings. The van der Waals surface area contributed by atoms with Crippen molar-refractivity contribution in [3.63, 3.8) is 0 Å². The summed E-state index contributed by atoms with van der Waals surface area (Å²) < 4.78 is 4.64. The van der Waals surface area contributed by atoms with E-state index in [0.717, 1.165) is 6.07 Å². The Balaban J connectivity index is 1.96. The Labute approximate surface area is 154 Å². The van der Waals surface area contributed by atoms with Crippen molar-refractivity contribution in [2.45, 2.75) is 0 Å². The summed E-state index contributed by atoms with van der Waals surface area (Å²) in [4.78, 5) is 34.0. The van der Waals surface area contributed by atoms with Crippen LogP contribution in [0.15, 0.2) is 42.5 Å². The molecule has 0 saturated carbocycles. The van der Waals surface area contributed by atoms with Crippen LogP contribution in [-0.2, 0) is 4.74 Å². The summed E-state index contributed by atoms with van der Waals surface area (Å²) in [7, 11) is 1.19. The summed E-state index contributed by atoms with van der Waals surface area (Å²) in [5.41, 5.74) is 0.681. The fourth-order valence-corrected chi connectivity index (χ4v) is 2.28.